The Hall–Kier alpha value is -2.25. The van der Waals surface area contributed by atoms with Gasteiger partial charge in [0.1, 0.15) is 23.2 Å². The molecule has 0 amide bonds. The minimum atomic E-state index is -1.71. The third kappa shape index (κ3) is 10.6. The minimum Gasteiger partial charge on any atom is -0.353 e. The first-order valence-electron chi connectivity index (χ1n) is 15.7. The average molecular weight is 560 g/mol. The van der Waals surface area contributed by atoms with Gasteiger partial charge in [0.15, 0.2) is 6.29 Å². The van der Waals surface area contributed by atoms with Gasteiger partial charge >= 0.3 is 0 Å². The number of ether oxygens (including phenoxy) is 2. The van der Waals surface area contributed by atoms with E-state index in [0.717, 1.165) is 45.3 Å². The highest BCUT2D eigenvalue weighted by molar-refractivity contribution is 7.95. The van der Waals surface area contributed by atoms with Gasteiger partial charge in [-0.3, -0.25) is 0 Å². The molecule has 0 unspecified atom stereocenters. The van der Waals surface area contributed by atoms with Gasteiger partial charge in [-0.2, -0.15) is 0 Å². The highest BCUT2D eigenvalue weighted by Gasteiger charge is 2.44. The molecule has 0 aliphatic heterocycles. The van der Waals surface area contributed by atoms with E-state index in [1.165, 1.54) is 60.6 Å². The normalized spacial score (nSPS) is 12.0. The zero-order valence-electron chi connectivity index (χ0n) is 25.1. The highest BCUT2D eigenvalue weighted by atomic mass is 31.2. The van der Waals surface area contributed by atoms with Gasteiger partial charge in [0.25, 0.3) is 0 Å². The fourth-order valence-corrected chi connectivity index (χ4v) is 9.62. The van der Waals surface area contributed by atoms with Crippen LogP contribution in [0.2, 0.25) is 0 Å². The van der Waals surface area contributed by atoms with Crippen molar-refractivity contribution >= 4 is 23.2 Å². The summed E-state index contributed by atoms with van der Waals surface area (Å²) in [4.78, 5) is 0. The fraction of sp³-hybridized carbons (Fsp3) is 0.459. The second-order valence-electron chi connectivity index (χ2n) is 10.7. The monoisotopic (exact) mass is 559 g/mol. The van der Waals surface area contributed by atoms with Gasteiger partial charge in [-0.05, 0) is 87.8 Å². The number of hydrogen-bond donors (Lipinski definition) is 0. The lowest BCUT2D eigenvalue weighted by Gasteiger charge is -2.27. The first-order valence-corrected chi connectivity index (χ1v) is 17.7. The molecule has 3 aromatic carbocycles. The molecule has 0 saturated carbocycles. The summed E-state index contributed by atoms with van der Waals surface area (Å²) in [5, 5.41) is 4.44. The molecule has 0 aliphatic carbocycles. The van der Waals surface area contributed by atoms with Crippen LogP contribution in [-0.2, 0) is 9.47 Å². The lowest BCUT2D eigenvalue weighted by molar-refractivity contribution is -0.147. The Balaban J connectivity index is 1.49. The Morgan fingerprint density at radius 1 is 0.550 bits per heavy atom. The lowest BCUT2D eigenvalue weighted by atomic mass is 10.1. The molecule has 0 radical (unpaired) electrons. The van der Waals surface area contributed by atoms with E-state index in [1.807, 2.05) is 0 Å². The molecule has 0 aromatic heterocycles. The van der Waals surface area contributed by atoms with Crippen LogP contribution in [0.1, 0.15) is 84.5 Å². The highest BCUT2D eigenvalue weighted by Crippen LogP contribution is 2.55. The number of benzene rings is 3. The maximum atomic E-state index is 5.99. The number of unbranched alkanes of at least 4 members (excludes halogenated alkanes) is 6. The van der Waals surface area contributed by atoms with Gasteiger partial charge in [0, 0.05) is 13.2 Å². The lowest BCUT2D eigenvalue weighted by Crippen LogP contribution is -2.33. The largest absolute Gasteiger partial charge is 0.353 e. The van der Waals surface area contributed by atoms with Crippen LogP contribution in [-0.4, -0.2) is 25.7 Å². The van der Waals surface area contributed by atoms with E-state index in [9.17, 15) is 0 Å². The Kier molecular flexibility index (Phi) is 15.9. The molecule has 0 atom stereocenters. The zero-order chi connectivity index (χ0) is 28.1. The van der Waals surface area contributed by atoms with E-state index >= 15 is 0 Å². The van der Waals surface area contributed by atoms with Crippen LogP contribution >= 0.6 is 7.26 Å². The minimum absolute atomic E-state index is 0.0175. The molecule has 216 valence electrons. The standard InChI is InChI=1S/C37H52O2P/c1-3-5-31-38-37(39-32-6-4-2)30-22-11-9-7-8-10-12-23-33-40(34-24-16-13-17-25-34,35-26-18-14-19-27-35)36-28-20-15-21-29-36/h8,10,13-21,24-29,37H,3-7,9,11-12,22-23,30-33H2,1-2H3/q+1/b10-8+. The molecule has 3 aromatic rings. The van der Waals surface area contributed by atoms with Gasteiger partial charge in [-0.15, -0.1) is 0 Å². The van der Waals surface area contributed by atoms with Crippen molar-refractivity contribution in [1.82, 2.24) is 0 Å². The molecule has 0 N–H and O–H groups in total. The molecular weight excluding hydrogens is 507 g/mol. The third-order valence-electron chi connectivity index (χ3n) is 7.54. The molecule has 3 rings (SSSR count). The van der Waals surface area contributed by atoms with Crippen molar-refractivity contribution < 1.29 is 9.47 Å². The molecule has 2 nitrogen and oxygen atoms in total. The van der Waals surface area contributed by atoms with Gasteiger partial charge in [0.2, 0.25) is 0 Å². The van der Waals surface area contributed by atoms with Gasteiger partial charge < -0.3 is 9.47 Å². The number of rotatable bonds is 21. The summed E-state index contributed by atoms with van der Waals surface area (Å²) in [5.41, 5.74) is 0. The van der Waals surface area contributed by atoms with Crippen LogP contribution in [0.5, 0.6) is 0 Å². The summed E-state index contributed by atoms with van der Waals surface area (Å²) in [6.45, 7) is 6.05. The van der Waals surface area contributed by atoms with Crippen molar-refractivity contribution in [2.24, 2.45) is 0 Å². The summed E-state index contributed by atoms with van der Waals surface area (Å²) in [5.74, 6) is 0. The average Bonchev–Trinajstić information content (AvgIpc) is 3.01. The summed E-state index contributed by atoms with van der Waals surface area (Å²) in [6, 6.07) is 33.7. The Morgan fingerprint density at radius 3 is 1.45 bits per heavy atom. The van der Waals surface area contributed by atoms with E-state index in [0.29, 0.717) is 0 Å². The van der Waals surface area contributed by atoms with Crippen molar-refractivity contribution in [3.05, 3.63) is 103 Å². The quantitative estimate of drug-likeness (QED) is 0.0560. The Morgan fingerprint density at radius 2 is 1.00 bits per heavy atom. The predicted octanol–water partition coefficient (Wildman–Crippen LogP) is 9.23. The number of hydrogen-bond acceptors (Lipinski definition) is 2. The van der Waals surface area contributed by atoms with Gasteiger partial charge in [0.05, 0.1) is 6.16 Å². The molecular formula is C37H52O2P+. The topological polar surface area (TPSA) is 18.5 Å². The maximum Gasteiger partial charge on any atom is 0.157 e. The van der Waals surface area contributed by atoms with Crippen molar-refractivity contribution in [1.29, 1.82) is 0 Å². The molecule has 40 heavy (non-hydrogen) atoms. The van der Waals surface area contributed by atoms with Gasteiger partial charge in [-0.25, -0.2) is 0 Å². The number of allylic oxidation sites excluding steroid dienone is 2. The summed E-state index contributed by atoms with van der Waals surface area (Å²) in [7, 11) is -1.71. The van der Waals surface area contributed by atoms with E-state index in [2.05, 4.69) is 117 Å². The third-order valence-corrected chi connectivity index (χ3v) is 12.1. The maximum absolute atomic E-state index is 5.99. The molecule has 0 saturated heterocycles. The summed E-state index contributed by atoms with van der Waals surface area (Å²) < 4.78 is 12.0. The van der Waals surface area contributed by atoms with Gasteiger partial charge in [-0.1, -0.05) is 99.9 Å². The van der Waals surface area contributed by atoms with Crippen LogP contribution in [0.3, 0.4) is 0 Å². The zero-order valence-corrected chi connectivity index (χ0v) is 25.9. The van der Waals surface area contributed by atoms with Crippen molar-refractivity contribution in [3.63, 3.8) is 0 Å². The van der Waals surface area contributed by atoms with Crippen LogP contribution in [0.15, 0.2) is 103 Å². The van der Waals surface area contributed by atoms with E-state index in [-0.39, 0.29) is 6.29 Å². The second kappa shape index (κ2) is 19.8. The Labute approximate surface area is 245 Å². The van der Waals surface area contributed by atoms with Crippen molar-refractivity contribution in [3.8, 4) is 0 Å². The van der Waals surface area contributed by atoms with E-state index in [4.69, 9.17) is 9.47 Å². The van der Waals surface area contributed by atoms with Crippen LogP contribution in [0.25, 0.3) is 0 Å². The molecule has 0 spiro atoms. The molecule has 0 heterocycles. The van der Waals surface area contributed by atoms with Crippen LogP contribution < -0.4 is 15.9 Å². The molecule has 0 fully saturated rings. The van der Waals surface area contributed by atoms with Crippen molar-refractivity contribution in [2.45, 2.75) is 90.8 Å². The van der Waals surface area contributed by atoms with E-state index < -0.39 is 7.26 Å². The summed E-state index contributed by atoms with van der Waals surface area (Å²) >= 11 is 0. The molecule has 0 bridgehead atoms. The Bertz CT molecular complexity index is 929. The van der Waals surface area contributed by atoms with Crippen LogP contribution in [0.4, 0.5) is 0 Å². The SMILES string of the molecule is CCCCOC(CCCCC/C=C/CCC[P+](c1ccccc1)(c1ccccc1)c1ccccc1)OCCCC. The van der Waals surface area contributed by atoms with Crippen LogP contribution in [0, 0.1) is 0 Å². The first kappa shape index (κ1) is 32.3. The smallest absolute Gasteiger partial charge is 0.157 e. The second-order valence-corrected chi connectivity index (χ2v) is 14.3. The molecule has 0 aliphatic rings. The summed E-state index contributed by atoms with van der Waals surface area (Å²) in [6.07, 6.45) is 18.7. The van der Waals surface area contributed by atoms with E-state index in [1.54, 1.807) is 0 Å². The fourth-order valence-electron chi connectivity index (χ4n) is 5.25. The predicted molar refractivity (Wildman–Crippen MR) is 177 cm³/mol. The molecule has 3 heteroatoms. The van der Waals surface area contributed by atoms with Crippen molar-refractivity contribution in [2.75, 3.05) is 19.4 Å². The first-order chi connectivity index (χ1) is 19.8.